The molecule has 4 atom stereocenters. The van der Waals surface area contributed by atoms with E-state index in [1.54, 1.807) is 26.0 Å². The van der Waals surface area contributed by atoms with Crippen molar-refractivity contribution in [3.63, 3.8) is 0 Å². The average molecular weight is 487 g/mol. The number of carbonyl (C=O) groups is 3. The fourth-order valence-electron chi connectivity index (χ4n) is 4.30. The summed E-state index contributed by atoms with van der Waals surface area (Å²) in [6.07, 6.45) is -0.0639. The van der Waals surface area contributed by atoms with E-state index < -0.39 is 47.9 Å². The van der Waals surface area contributed by atoms with Gasteiger partial charge >= 0.3 is 0 Å². The van der Waals surface area contributed by atoms with Gasteiger partial charge in [-0.15, -0.1) is 0 Å². The van der Waals surface area contributed by atoms with Gasteiger partial charge in [-0.2, -0.15) is 0 Å². The van der Waals surface area contributed by atoms with Crippen LogP contribution in [0, 0.1) is 17.6 Å². The molecule has 0 aliphatic carbocycles. The first kappa shape index (κ1) is 26.5. The molecule has 188 valence electrons. The van der Waals surface area contributed by atoms with Gasteiger partial charge in [-0.3, -0.25) is 14.4 Å². The van der Waals surface area contributed by atoms with Crippen molar-refractivity contribution in [3.05, 3.63) is 70.8 Å². The van der Waals surface area contributed by atoms with Crippen LogP contribution in [-0.4, -0.2) is 48.3 Å². The number of ether oxygens (including phenoxy) is 1. The minimum Gasteiger partial charge on any atom is -0.379 e. The zero-order valence-corrected chi connectivity index (χ0v) is 20.5. The number of nitrogens with one attached hydrogen (secondary N) is 1. The van der Waals surface area contributed by atoms with Crippen molar-refractivity contribution in [2.75, 3.05) is 13.7 Å². The Kier molecular flexibility index (Phi) is 8.72. The van der Waals surface area contributed by atoms with E-state index in [4.69, 9.17) is 4.74 Å². The minimum absolute atomic E-state index is 0.220. The van der Waals surface area contributed by atoms with Crippen LogP contribution in [0.1, 0.15) is 49.9 Å². The van der Waals surface area contributed by atoms with Gasteiger partial charge in [-0.25, -0.2) is 8.78 Å². The molecule has 8 heteroatoms. The summed E-state index contributed by atoms with van der Waals surface area (Å²) in [6.45, 7) is 5.53. The summed E-state index contributed by atoms with van der Waals surface area (Å²) in [5.74, 6) is -3.20. The second-order valence-electron chi connectivity index (χ2n) is 8.96. The Morgan fingerprint density at radius 3 is 2.37 bits per heavy atom. The second-order valence-corrected chi connectivity index (χ2v) is 8.96. The summed E-state index contributed by atoms with van der Waals surface area (Å²) in [5, 5.41) is 2.78. The number of ketones is 1. The predicted molar refractivity (Wildman–Crippen MR) is 128 cm³/mol. The lowest BCUT2D eigenvalue weighted by atomic mass is 9.87. The molecule has 0 saturated heterocycles. The molecule has 3 rings (SSSR count). The van der Waals surface area contributed by atoms with Crippen LogP contribution in [0.4, 0.5) is 8.78 Å². The Hall–Kier alpha value is -3.13. The lowest BCUT2D eigenvalue weighted by Crippen LogP contribution is -2.57. The highest BCUT2D eigenvalue weighted by atomic mass is 19.1. The average Bonchev–Trinajstić information content (AvgIpc) is 2.87. The van der Waals surface area contributed by atoms with Crippen molar-refractivity contribution in [2.24, 2.45) is 5.92 Å². The molecule has 6 nitrogen and oxygen atoms in total. The number of Topliss-reactive ketones (excluding diaryl/α,β-unsaturated/α-hetero) is 1. The van der Waals surface area contributed by atoms with E-state index in [0.717, 1.165) is 17.7 Å². The van der Waals surface area contributed by atoms with Crippen LogP contribution in [0.2, 0.25) is 0 Å². The first-order chi connectivity index (χ1) is 16.7. The molecule has 1 aliphatic rings. The van der Waals surface area contributed by atoms with Gasteiger partial charge in [0, 0.05) is 31.6 Å². The Morgan fingerprint density at radius 2 is 1.74 bits per heavy atom. The van der Waals surface area contributed by atoms with Crippen molar-refractivity contribution in [3.8, 4) is 0 Å². The Labute approximate surface area is 204 Å². The minimum atomic E-state index is -1.04. The van der Waals surface area contributed by atoms with E-state index in [-0.39, 0.29) is 23.9 Å². The highest BCUT2D eigenvalue weighted by molar-refractivity contribution is 5.95. The van der Waals surface area contributed by atoms with Gasteiger partial charge in [0.1, 0.15) is 23.7 Å². The topological polar surface area (TPSA) is 75.7 Å². The molecule has 0 aromatic heterocycles. The highest BCUT2D eigenvalue weighted by Gasteiger charge is 2.40. The molecule has 2 aromatic rings. The first-order valence-electron chi connectivity index (χ1n) is 11.9. The van der Waals surface area contributed by atoms with E-state index in [0.29, 0.717) is 18.4 Å². The fraction of sp³-hybridized carbons (Fsp3) is 0.444. The van der Waals surface area contributed by atoms with Gasteiger partial charge in [0.15, 0.2) is 5.78 Å². The summed E-state index contributed by atoms with van der Waals surface area (Å²) in [5.41, 5.74) is 1.18. The smallest absolute Gasteiger partial charge is 0.248 e. The third-order valence-electron chi connectivity index (χ3n) is 6.75. The maximum absolute atomic E-state index is 14.3. The molecule has 0 fully saturated rings. The van der Waals surface area contributed by atoms with Crippen molar-refractivity contribution >= 4 is 17.6 Å². The molecule has 2 amide bonds. The van der Waals surface area contributed by atoms with Gasteiger partial charge in [-0.1, -0.05) is 44.2 Å². The van der Waals surface area contributed by atoms with E-state index in [2.05, 4.69) is 5.32 Å². The number of nitrogens with zero attached hydrogens (tertiary/aromatic N) is 1. The number of carbonyl (C=O) groups excluding carboxylic acids is 3. The molecular formula is C27H32F2N2O4. The molecule has 0 spiro atoms. The Bertz CT molecular complexity index is 1070. The van der Waals surface area contributed by atoms with Gasteiger partial charge in [-0.05, 0) is 43.0 Å². The summed E-state index contributed by atoms with van der Waals surface area (Å²) < 4.78 is 34.0. The van der Waals surface area contributed by atoms with Crippen LogP contribution in [-0.2, 0) is 32.0 Å². The number of amides is 2. The second kappa shape index (κ2) is 11.5. The zero-order valence-electron chi connectivity index (χ0n) is 20.5. The van der Waals surface area contributed by atoms with Gasteiger partial charge in [0.25, 0.3) is 0 Å². The van der Waals surface area contributed by atoms with Crippen LogP contribution >= 0.6 is 0 Å². The molecule has 35 heavy (non-hydrogen) atoms. The van der Waals surface area contributed by atoms with Gasteiger partial charge in [0.05, 0.1) is 6.10 Å². The molecule has 0 saturated carbocycles. The number of rotatable bonds is 9. The molecular weight excluding hydrogens is 454 g/mol. The zero-order chi connectivity index (χ0) is 25.7. The van der Waals surface area contributed by atoms with Crippen molar-refractivity contribution in [1.82, 2.24) is 10.2 Å². The summed E-state index contributed by atoms with van der Waals surface area (Å²) in [7, 11) is 1.44. The van der Waals surface area contributed by atoms with E-state index in [1.807, 2.05) is 19.1 Å². The summed E-state index contributed by atoms with van der Waals surface area (Å²) in [6, 6.07) is 8.61. The molecule has 0 unspecified atom stereocenters. The normalized spacial score (nSPS) is 17.8. The molecule has 2 aromatic carbocycles. The van der Waals surface area contributed by atoms with Crippen LogP contribution in [0.15, 0.2) is 42.5 Å². The van der Waals surface area contributed by atoms with Crippen LogP contribution < -0.4 is 5.32 Å². The van der Waals surface area contributed by atoms with Crippen LogP contribution in [0.3, 0.4) is 0 Å². The maximum atomic E-state index is 14.3. The monoisotopic (exact) mass is 486 g/mol. The maximum Gasteiger partial charge on any atom is 0.248 e. The molecule has 1 N–H and O–H groups in total. The van der Waals surface area contributed by atoms with Crippen LogP contribution in [0.5, 0.6) is 0 Å². The number of hydrogen-bond donors (Lipinski definition) is 1. The number of hydrogen-bond acceptors (Lipinski definition) is 4. The fourth-order valence-corrected chi connectivity index (χ4v) is 4.30. The highest BCUT2D eigenvalue weighted by Crippen LogP contribution is 2.33. The SMILES string of the molecule is CC[C@@H](C)C(=O)N[C@H](C(=O)N1CCc2ccccc2[C@H]1C(=O)Cc1c(F)cccc1F)[C@@H](C)OC. The standard InChI is InChI=1S/C27H32F2N2O4/c1-5-16(2)26(33)30-24(17(3)35-4)27(34)31-14-13-18-9-6-7-10-19(18)25(31)23(32)15-20-21(28)11-8-12-22(20)29/h6-12,16-17,24-25H,5,13-15H2,1-4H3,(H,30,33)/t16-,17-,24+,25+/m1/s1. The van der Waals surface area contributed by atoms with Gasteiger partial charge < -0.3 is 15.0 Å². The number of benzene rings is 2. The van der Waals surface area contributed by atoms with Crippen molar-refractivity contribution in [2.45, 2.75) is 58.2 Å². The third kappa shape index (κ3) is 5.75. The van der Waals surface area contributed by atoms with Crippen LogP contribution in [0.25, 0.3) is 0 Å². The van der Waals surface area contributed by atoms with E-state index in [9.17, 15) is 23.2 Å². The first-order valence-corrected chi connectivity index (χ1v) is 11.9. The molecule has 0 bridgehead atoms. The molecule has 1 heterocycles. The van der Waals surface area contributed by atoms with E-state index >= 15 is 0 Å². The number of methoxy groups -OCH3 is 1. The lowest BCUT2D eigenvalue weighted by Gasteiger charge is -2.39. The number of fused-ring (bicyclic) bond motifs is 1. The lowest BCUT2D eigenvalue weighted by molar-refractivity contribution is -0.146. The largest absolute Gasteiger partial charge is 0.379 e. The quantitative estimate of drug-likeness (QED) is 0.586. The predicted octanol–water partition coefficient (Wildman–Crippen LogP) is 3.77. The molecule has 1 aliphatic heterocycles. The molecule has 0 radical (unpaired) electrons. The summed E-state index contributed by atoms with van der Waals surface area (Å²) in [4.78, 5) is 41.4. The Balaban J connectivity index is 1.98. The van der Waals surface area contributed by atoms with Crippen molar-refractivity contribution in [1.29, 1.82) is 0 Å². The Morgan fingerprint density at radius 1 is 1.09 bits per heavy atom. The van der Waals surface area contributed by atoms with Crippen molar-refractivity contribution < 1.29 is 27.9 Å². The van der Waals surface area contributed by atoms with E-state index in [1.165, 1.54) is 18.1 Å². The summed E-state index contributed by atoms with van der Waals surface area (Å²) >= 11 is 0. The number of halogens is 2. The third-order valence-corrected chi connectivity index (χ3v) is 6.75. The van der Waals surface area contributed by atoms with Gasteiger partial charge in [0.2, 0.25) is 11.8 Å².